The van der Waals surface area contributed by atoms with Gasteiger partial charge in [0.2, 0.25) is 0 Å². The SMILES string of the molecule is CC1(CNc2ccc(C(=O)O)c(Cl)c2)CCCO1. The quantitative estimate of drug-likeness (QED) is 0.882. The van der Waals surface area contributed by atoms with E-state index < -0.39 is 5.97 Å². The van der Waals surface area contributed by atoms with E-state index in [4.69, 9.17) is 21.4 Å². The zero-order valence-electron chi connectivity index (χ0n) is 10.2. The number of benzene rings is 1. The summed E-state index contributed by atoms with van der Waals surface area (Å²) in [5.41, 5.74) is 0.782. The number of nitrogens with one attached hydrogen (secondary N) is 1. The first-order valence-corrected chi connectivity index (χ1v) is 6.29. The third kappa shape index (κ3) is 2.94. The number of carboxylic acid groups (broad SMARTS) is 1. The molecule has 1 heterocycles. The number of rotatable bonds is 4. The van der Waals surface area contributed by atoms with Crippen molar-refractivity contribution in [3.63, 3.8) is 0 Å². The van der Waals surface area contributed by atoms with Crippen molar-refractivity contribution in [3.05, 3.63) is 28.8 Å². The fraction of sp³-hybridized carbons (Fsp3) is 0.462. The number of hydrogen-bond donors (Lipinski definition) is 2. The number of carboxylic acids is 1. The van der Waals surface area contributed by atoms with Gasteiger partial charge in [-0.3, -0.25) is 0 Å². The van der Waals surface area contributed by atoms with Crippen molar-refractivity contribution in [3.8, 4) is 0 Å². The van der Waals surface area contributed by atoms with Crippen LogP contribution < -0.4 is 5.32 Å². The molecule has 1 aliphatic rings. The Balaban J connectivity index is 2.02. The topological polar surface area (TPSA) is 58.6 Å². The summed E-state index contributed by atoms with van der Waals surface area (Å²) in [5, 5.41) is 12.3. The molecule has 0 spiro atoms. The van der Waals surface area contributed by atoms with Gasteiger partial charge in [0.1, 0.15) is 0 Å². The van der Waals surface area contributed by atoms with Gasteiger partial charge in [-0.2, -0.15) is 0 Å². The summed E-state index contributed by atoms with van der Waals surface area (Å²) in [5.74, 6) is -1.02. The van der Waals surface area contributed by atoms with Crippen molar-refractivity contribution in [1.29, 1.82) is 0 Å². The minimum Gasteiger partial charge on any atom is -0.478 e. The van der Waals surface area contributed by atoms with Crippen molar-refractivity contribution in [2.24, 2.45) is 0 Å². The highest BCUT2D eigenvalue weighted by molar-refractivity contribution is 6.33. The molecule has 2 N–H and O–H groups in total. The minimum absolute atomic E-state index is 0.116. The number of ether oxygens (including phenoxy) is 1. The van der Waals surface area contributed by atoms with Gasteiger partial charge in [-0.05, 0) is 38.0 Å². The summed E-state index contributed by atoms with van der Waals surface area (Å²) in [6, 6.07) is 4.85. The Labute approximate surface area is 111 Å². The summed E-state index contributed by atoms with van der Waals surface area (Å²) in [6.45, 7) is 3.56. The second kappa shape index (κ2) is 5.16. The molecule has 5 heteroatoms. The van der Waals surface area contributed by atoms with Gasteiger partial charge in [0.25, 0.3) is 0 Å². The van der Waals surface area contributed by atoms with E-state index in [0.29, 0.717) is 6.54 Å². The largest absolute Gasteiger partial charge is 0.478 e. The van der Waals surface area contributed by atoms with E-state index in [9.17, 15) is 4.79 Å². The zero-order valence-corrected chi connectivity index (χ0v) is 11.0. The van der Waals surface area contributed by atoms with Gasteiger partial charge in [0.15, 0.2) is 0 Å². The molecule has 1 saturated heterocycles. The Hall–Kier alpha value is -1.26. The van der Waals surface area contributed by atoms with E-state index in [2.05, 4.69) is 12.2 Å². The molecule has 0 aromatic heterocycles. The molecule has 1 aromatic carbocycles. The first kappa shape index (κ1) is 13.2. The first-order valence-electron chi connectivity index (χ1n) is 5.91. The number of anilines is 1. The van der Waals surface area contributed by atoms with Crippen molar-refractivity contribution in [1.82, 2.24) is 0 Å². The molecular formula is C13H16ClNO3. The molecule has 1 aliphatic heterocycles. The van der Waals surface area contributed by atoms with Crippen molar-refractivity contribution >= 4 is 23.3 Å². The van der Waals surface area contributed by atoms with Crippen LogP contribution in [0.5, 0.6) is 0 Å². The predicted molar refractivity (Wildman–Crippen MR) is 70.5 cm³/mol. The van der Waals surface area contributed by atoms with E-state index in [1.807, 2.05) is 0 Å². The molecule has 0 amide bonds. The van der Waals surface area contributed by atoms with Gasteiger partial charge in [0, 0.05) is 18.8 Å². The first-order chi connectivity index (χ1) is 8.50. The van der Waals surface area contributed by atoms with Crippen molar-refractivity contribution in [2.75, 3.05) is 18.5 Å². The van der Waals surface area contributed by atoms with Gasteiger partial charge in [-0.25, -0.2) is 4.79 Å². The Morgan fingerprint density at radius 1 is 1.61 bits per heavy atom. The Morgan fingerprint density at radius 2 is 2.39 bits per heavy atom. The van der Waals surface area contributed by atoms with Crippen LogP contribution in [0.25, 0.3) is 0 Å². The molecule has 2 rings (SSSR count). The third-order valence-electron chi connectivity index (χ3n) is 3.17. The maximum Gasteiger partial charge on any atom is 0.337 e. The third-order valence-corrected chi connectivity index (χ3v) is 3.48. The highest BCUT2D eigenvalue weighted by atomic mass is 35.5. The molecule has 18 heavy (non-hydrogen) atoms. The van der Waals surface area contributed by atoms with Crippen LogP contribution >= 0.6 is 11.6 Å². The van der Waals surface area contributed by atoms with Crippen molar-refractivity contribution in [2.45, 2.75) is 25.4 Å². The average Bonchev–Trinajstić information content (AvgIpc) is 2.74. The lowest BCUT2D eigenvalue weighted by Gasteiger charge is -2.24. The summed E-state index contributed by atoms with van der Waals surface area (Å²) in [6.07, 6.45) is 2.11. The molecule has 0 aliphatic carbocycles. The van der Waals surface area contributed by atoms with E-state index in [1.165, 1.54) is 6.07 Å². The van der Waals surface area contributed by atoms with E-state index in [-0.39, 0.29) is 16.2 Å². The molecule has 1 unspecified atom stereocenters. The normalized spacial score (nSPS) is 23.0. The fourth-order valence-corrected chi connectivity index (χ4v) is 2.33. The summed E-state index contributed by atoms with van der Waals surface area (Å²) in [7, 11) is 0. The lowest BCUT2D eigenvalue weighted by atomic mass is 10.0. The minimum atomic E-state index is -1.02. The van der Waals surface area contributed by atoms with Crippen LogP contribution in [0.4, 0.5) is 5.69 Å². The fourth-order valence-electron chi connectivity index (χ4n) is 2.06. The zero-order chi connectivity index (χ0) is 13.2. The molecule has 0 radical (unpaired) electrons. The van der Waals surface area contributed by atoms with Gasteiger partial charge in [-0.15, -0.1) is 0 Å². The number of hydrogen-bond acceptors (Lipinski definition) is 3. The maximum absolute atomic E-state index is 10.8. The number of halogens is 1. The van der Waals surface area contributed by atoms with Gasteiger partial charge in [0.05, 0.1) is 16.2 Å². The van der Waals surface area contributed by atoms with Crippen LogP contribution in [-0.2, 0) is 4.74 Å². The number of carbonyl (C=O) groups is 1. The van der Waals surface area contributed by atoms with Gasteiger partial charge < -0.3 is 15.2 Å². The van der Waals surface area contributed by atoms with Crippen LogP contribution in [0, 0.1) is 0 Å². The molecule has 98 valence electrons. The summed E-state index contributed by atoms with van der Waals surface area (Å²) in [4.78, 5) is 10.8. The maximum atomic E-state index is 10.8. The van der Waals surface area contributed by atoms with Crippen LogP contribution in [0.15, 0.2) is 18.2 Å². The number of aromatic carboxylic acids is 1. The van der Waals surface area contributed by atoms with E-state index in [0.717, 1.165) is 25.1 Å². The Kier molecular flexibility index (Phi) is 3.78. The molecule has 0 saturated carbocycles. The monoisotopic (exact) mass is 269 g/mol. The standard InChI is InChI=1S/C13H16ClNO3/c1-13(5-2-6-18-13)8-15-9-3-4-10(12(16)17)11(14)7-9/h3-4,7,15H,2,5-6,8H2,1H3,(H,16,17). The summed E-state index contributed by atoms with van der Waals surface area (Å²) < 4.78 is 5.66. The second-order valence-corrected chi connectivity index (χ2v) is 5.16. The van der Waals surface area contributed by atoms with E-state index >= 15 is 0 Å². The second-order valence-electron chi connectivity index (χ2n) is 4.76. The molecule has 1 atom stereocenters. The smallest absolute Gasteiger partial charge is 0.337 e. The van der Waals surface area contributed by atoms with Gasteiger partial charge >= 0.3 is 5.97 Å². The Morgan fingerprint density at radius 3 is 2.94 bits per heavy atom. The predicted octanol–water partition coefficient (Wildman–Crippen LogP) is 3.02. The average molecular weight is 270 g/mol. The molecule has 1 fully saturated rings. The molecule has 1 aromatic rings. The van der Waals surface area contributed by atoms with Crippen LogP contribution in [0.1, 0.15) is 30.1 Å². The summed E-state index contributed by atoms with van der Waals surface area (Å²) >= 11 is 5.90. The van der Waals surface area contributed by atoms with Crippen molar-refractivity contribution < 1.29 is 14.6 Å². The highest BCUT2D eigenvalue weighted by Crippen LogP contribution is 2.26. The molecule has 0 bridgehead atoms. The Bertz CT molecular complexity index is 456. The van der Waals surface area contributed by atoms with E-state index in [1.54, 1.807) is 12.1 Å². The molecular weight excluding hydrogens is 254 g/mol. The lowest BCUT2D eigenvalue weighted by Crippen LogP contribution is -2.32. The highest BCUT2D eigenvalue weighted by Gasteiger charge is 2.29. The lowest BCUT2D eigenvalue weighted by molar-refractivity contribution is 0.0315. The molecule has 4 nitrogen and oxygen atoms in total. The van der Waals surface area contributed by atoms with Gasteiger partial charge in [-0.1, -0.05) is 11.6 Å². The van der Waals surface area contributed by atoms with Crippen LogP contribution in [0.3, 0.4) is 0 Å². The van der Waals surface area contributed by atoms with Crippen LogP contribution in [-0.4, -0.2) is 29.8 Å². The van der Waals surface area contributed by atoms with Crippen LogP contribution in [0.2, 0.25) is 5.02 Å².